The summed E-state index contributed by atoms with van der Waals surface area (Å²) in [5.74, 6) is -1.11. The summed E-state index contributed by atoms with van der Waals surface area (Å²) >= 11 is 0. The quantitative estimate of drug-likeness (QED) is 0.436. The van der Waals surface area contributed by atoms with E-state index in [4.69, 9.17) is 0 Å². The maximum atomic E-state index is 12.8. The monoisotopic (exact) mass is 452 g/mol. The Labute approximate surface area is 189 Å². The van der Waals surface area contributed by atoms with Crippen molar-refractivity contribution in [3.05, 3.63) is 89.5 Å². The lowest BCUT2D eigenvalue weighted by Crippen LogP contribution is -2.26. The van der Waals surface area contributed by atoms with Crippen LogP contribution in [0.15, 0.2) is 77.7 Å². The van der Waals surface area contributed by atoms with E-state index in [1.807, 2.05) is 35.2 Å². The van der Waals surface area contributed by atoms with Gasteiger partial charge in [-0.2, -0.15) is 0 Å². The molecule has 0 radical (unpaired) electrons. The Morgan fingerprint density at radius 2 is 1.69 bits per heavy atom. The molecular weight excluding hydrogens is 424 g/mol. The molecule has 0 atom stereocenters. The van der Waals surface area contributed by atoms with Crippen LogP contribution >= 0.6 is 0 Å². The molecule has 3 aromatic rings. The van der Waals surface area contributed by atoms with Crippen LogP contribution in [0.5, 0.6) is 0 Å². The highest BCUT2D eigenvalue weighted by Crippen LogP contribution is 2.28. The minimum Gasteiger partial charge on any atom is -0.478 e. The maximum Gasteiger partial charge on any atom is 0.337 e. The number of carboxylic acids is 1. The second kappa shape index (κ2) is 10.3. The molecular formula is C25H28N2O4S. The van der Waals surface area contributed by atoms with Gasteiger partial charge in [0, 0.05) is 18.8 Å². The second-order valence-corrected chi connectivity index (χ2v) is 9.32. The van der Waals surface area contributed by atoms with Crippen LogP contribution in [0.3, 0.4) is 0 Å². The highest BCUT2D eigenvalue weighted by molar-refractivity contribution is 7.92. The molecule has 0 unspecified atom stereocenters. The zero-order chi connectivity index (χ0) is 23.1. The van der Waals surface area contributed by atoms with Gasteiger partial charge in [0.1, 0.15) is 0 Å². The molecule has 32 heavy (non-hydrogen) atoms. The van der Waals surface area contributed by atoms with E-state index in [1.54, 1.807) is 37.3 Å². The number of hydrogen-bond acceptors (Lipinski definition) is 4. The summed E-state index contributed by atoms with van der Waals surface area (Å²) < 4.78 is 28.2. The molecule has 0 saturated carbocycles. The second-order valence-electron chi connectivity index (χ2n) is 7.67. The van der Waals surface area contributed by atoms with E-state index in [9.17, 15) is 18.3 Å². The highest BCUT2D eigenvalue weighted by Gasteiger charge is 2.20. The molecule has 0 aliphatic rings. The first kappa shape index (κ1) is 23.3. The van der Waals surface area contributed by atoms with E-state index in [0.29, 0.717) is 24.3 Å². The standard InChI is InChI=1S/C25H28N2O4S/c1-3-4-16-27(18-20-11-6-5-7-12-20)23-15-14-21(17-22(23)25(28)29)26-32(30,31)24-13-9-8-10-19(24)2/h5-15,17,26H,3-4,16,18H2,1-2H3,(H,28,29). The summed E-state index contributed by atoms with van der Waals surface area (Å²) in [6.45, 7) is 5.06. The van der Waals surface area contributed by atoms with Gasteiger partial charge < -0.3 is 10.0 Å². The lowest BCUT2D eigenvalue weighted by Gasteiger charge is -2.27. The van der Waals surface area contributed by atoms with E-state index in [2.05, 4.69) is 11.6 Å². The smallest absolute Gasteiger partial charge is 0.337 e. The van der Waals surface area contributed by atoms with Crippen molar-refractivity contribution >= 4 is 27.4 Å². The third-order valence-corrected chi connectivity index (χ3v) is 6.74. The molecule has 0 bridgehead atoms. The van der Waals surface area contributed by atoms with Crippen molar-refractivity contribution < 1.29 is 18.3 Å². The molecule has 0 saturated heterocycles. The van der Waals surface area contributed by atoms with Gasteiger partial charge in [0.25, 0.3) is 10.0 Å². The molecule has 2 N–H and O–H groups in total. The van der Waals surface area contributed by atoms with Crippen LogP contribution in [-0.4, -0.2) is 26.0 Å². The van der Waals surface area contributed by atoms with Crippen molar-refractivity contribution in [3.8, 4) is 0 Å². The van der Waals surface area contributed by atoms with Crippen LogP contribution in [0.4, 0.5) is 11.4 Å². The van der Waals surface area contributed by atoms with Gasteiger partial charge in [-0.3, -0.25) is 4.72 Å². The molecule has 6 nitrogen and oxygen atoms in total. The zero-order valence-electron chi connectivity index (χ0n) is 18.3. The van der Waals surface area contributed by atoms with E-state index in [1.165, 1.54) is 12.1 Å². The number of unbranched alkanes of at least 4 members (excludes halogenated alkanes) is 1. The normalized spacial score (nSPS) is 11.2. The number of aromatic carboxylic acids is 1. The Bertz CT molecular complexity index is 1180. The van der Waals surface area contributed by atoms with Crippen molar-refractivity contribution in [2.75, 3.05) is 16.2 Å². The van der Waals surface area contributed by atoms with Gasteiger partial charge in [0.15, 0.2) is 0 Å². The molecule has 0 aliphatic heterocycles. The molecule has 3 aromatic carbocycles. The maximum absolute atomic E-state index is 12.8. The van der Waals surface area contributed by atoms with Crippen LogP contribution in [0, 0.1) is 6.92 Å². The fourth-order valence-electron chi connectivity index (χ4n) is 3.55. The van der Waals surface area contributed by atoms with Crippen molar-refractivity contribution in [1.29, 1.82) is 0 Å². The van der Waals surface area contributed by atoms with Crippen LogP contribution < -0.4 is 9.62 Å². The Hall–Kier alpha value is -3.32. The number of sulfonamides is 1. The summed E-state index contributed by atoms with van der Waals surface area (Å²) in [4.78, 5) is 14.3. The number of anilines is 2. The van der Waals surface area contributed by atoms with Crippen molar-refractivity contribution in [3.63, 3.8) is 0 Å². The Balaban J connectivity index is 1.95. The summed E-state index contributed by atoms with van der Waals surface area (Å²) in [5, 5.41) is 9.89. The summed E-state index contributed by atoms with van der Waals surface area (Å²) in [6.07, 6.45) is 1.88. The van der Waals surface area contributed by atoms with Crippen LogP contribution in [-0.2, 0) is 16.6 Å². The predicted molar refractivity (Wildman–Crippen MR) is 128 cm³/mol. The average Bonchev–Trinajstić information content (AvgIpc) is 2.77. The van der Waals surface area contributed by atoms with E-state index in [-0.39, 0.29) is 16.1 Å². The molecule has 0 aliphatic carbocycles. The number of nitrogens with zero attached hydrogens (tertiary/aromatic N) is 1. The summed E-state index contributed by atoms with van der Waals surface area (Å²) in [7, 11) is -3.84. The number of nitrogens with one attached hydrogen (secondary N) is 1. The minimum atomic E-state index is -3.84. The lowest BCUT2D eigenvalue weighted by molar-refractivity contribution is 0.0697. The number of rotatable bonds is 10. The summed E-state index contributed by atoms with van der Waals surface area (Å²) in [5.41, 5.74) is 2.52. The van der Waals surface area contributed by atoms with Gasteiger partial charge in [-0.1, -0.05) is 61.9 Å². The Morgan fingerprint density at radius 1 is 1.00 bits per heavy atom. The van der Waals surface area contributed by atoms with Gasteiger partial charge in [-0.05, 0) is 48.7 Å². The molecule has 0 amide bonds. The van der Waals surface area contributed by atoms with Gasteiger partial charge >= 0.3 is 5.97 Å². The van der Waals surface area contributed by atoms with Gasteiger partial charge in [0.2, 0.25) is 0 Å². The molecule has 168 valence electrons. The fourth-order valence-corrected chi connectivity index (χ4v) is 4.85. The fraction of sp³-hybridized carbons (Fsp3) is 0.240. The average molecular weight is 453 g/mol. The lowest BCUT2D eigenvalue weighted by atomic mass is 10.1. The number of carboxylic acid groups (broad SMARTS) is 1. The first-order valence-corrected chi connectivity index (χ1v) is 12.0. The third kappa shape index (κ3) is 5.68. The third-order valence-electron chi connectivity index (χ3n) is 5.20. The Morgan fingerprint density at radius 3 is 2.34 bits per heavy atom. The highest BCUT2D eigenvalue weighted by atomic mass is 32.2. The SMILES string of the molecule is CCCCN(Cc1ccccc1)c1ccc(NS(=O)(=O)c2ccccc2C)cc1C(=O)O. The van der Waals surface area contributed by atoms with Crippen LogP contribution in [0.2, 0.25) is 0 Å². The molecule has 0 spiro atoms. The largest absolute Gasteiger partial charge is 0.478 e. The number of carbonyl (C=O) groups is 1. The number of benzene rings is 3. The minimum absolute atomic E-state index is 0.0574. The molecule has 7 heteroatoms. The zero-order valence-corrected chi connectivity index (χ0v) is 19.1. The molecule has 0 heterocycles. The van der Waals surface area contributed by atoms with Gasteiger partial charge in [-0.25, -0.2) is 13.2 Å². The van der Waals surface area contributed by atoms with Crippen LogP contribution in [0.1, 0.15) is 41.3 Å². The van der Waals surface area contributed by atoms with Crippen molar-refractivity contribution in [2.45, 2.75) is 38.1 Å². The van der Waals surface area contributed by atoms with Crippen molar-refractivity contribution in [1.82, 2.24) is 0 Å². The van der Waals surface area contributed by atoms with E-state index >= 15 is 0 Å². The number of hydrogen-bond donors (Lipinski definition) is 2. The topological polar surface area (TPSA) is 86.7 Å². The Kier molecular flexibility index (Phi) is 7.53. The van der Waals surface area contributed by atoms with Crippen molar-refractivity contribution in [2.24, 2.45) is 0 Å². The van der Waals surface area contributed by atoms with Gasteiger partial charge in [0.05, 0.1) is 16.1 Å². The predicted octanol–water partition coefficient (Wildman–Crippen LogP) is 5.30. The first-order chi connectivity index (χ1) is 15.3. The molecule has 0 aromatic heterocycles. The van der Waals surface area contributed by atoms with E-state index < -0.39 is 16.0 Å². The molecule has 3 rings (SSSR count). The first-order valence-electron chi connectivity index (χ1n) is 10.6. The van der Waals surface area contributed by atoms with E-state index in [0.717, 1.165) is 18.4 Å². The molecule has 0 fully saturated rings. The summed E-state index contributed by atoms with van der Waals surface area (Å²) in [6, 6.07) is 21.2. The number of aryl methyl sites for hydroxylation is 1. The van der Waals surface area contributed by atoms with Gasteiger partial charge in [-0.15, -0.1) is 0 Å². The van der Waals surface area contributed by atoms with Crippen LogP contribution in [0.25, 0.3) is 0 Å².